The number of nitrogens with zero attached hydrogens (tertiary/aromatic N) is 1. The number of nitrogens with one attached hydrogen (secondary N) is 1. The second-order valence-electron chi connectivity index (χ2n) is 7.01. The summed E-state index contributed by atoms with van der Waals surface area (Å²) in [6.07, 6.45) is 3.67. The van der Waals surface area contributed by atoms with E-state index in [-0.39, 0.29) is 29.2 Å². The van der Waals surface area contributed by atoms with E-state index in [1.165, 1.54) is 0 Å². The Morgan fingerprint density at radius 2 is 1.80 bits per heavy atom. The van der Waals surface area contributed by atoms with E-state index in [0.29, 0.717) is 13.1 Å². The lowest BCUT2D eigenvalue weighted by Crippen LogP contribution is -2.47. The summed E-state index contributed by atoms with van der Waals surface area (Å²) in [4.78, 5) is 26.2. The van der Waals surface area contributed by atoms with Crippen molar-refractivity contribution in [2.45, 2.75) is 66.3 Å². The van der Waals surface area contributed by atoms with Crippen LogP contribution in [0.15, 0.2) is 0 Å². The molecule has 1 unspecified atom stereocenters. The number of amides is 2. The van der Waals surface area contributed by atoms with E-state index in [0.717, 1.165) is 25.7 Å². The molecule has 1 aliphatic heterocycles. The van der Waals surface area contributed by atoms with E-state index in [2.05, 4.69) is 19.2 Å². The van der Waals surface area contributed by atoms with Crippen LogP contribution >= 0.6 is 0 Å². The van der Waals surface area contributed by atoms with Gasteiger partial charge in [0.15, 0.2) is 0 Å². The average molecular weight is 282 g/mol. The summed E-state index contributed by atoms with van der Waals surface area (Å²) in [7, 11) is 0. The van der Waals surface area contributed by atoms with Crippen LogP contribution in [-0.4, -0.2) is 35.8 Å². The third-order valence-corrected chi connectivity index (χ3v) is 3.90. The SMILES string of the molecule is CCCC(C)NC(=O)C1CCN(C(=O)C(C)(C)C)CC1. The molecule has 1 aliphatic rings. The van der Waals surface area contributed by atoms with Crippen molar-refractivity contribution in [3.8, 4) is 0 Å². The number of likely N-dealkylation sites (tertiary alicyclic amines) is 1. The monoisotopic (exact) mass is 282 g/mol. The van der Waals surface area contributed by atoms with Crippen LogP contribution in [0.3, 0.4) is 0 Å². The number of rotatable bonds is 4. The molecule has 0 aliphatic carbocycles. The molecule has 1 fully saturated rings. The van der Waals surface area contributed by atoms with Crippen LogP contribution in [0.4, 0.5) is 0 Å². The van der Waals surface area contributed by atoms with Crippen LogP contribution in [0.5, 0.6) is 0 Å². The molecule has 1 atom stereocenters. The highest BCUT2D eigenvalue weighted by molar-refractivity contribution is 5.82. The van der Waals surface area contributed by atoms with E-state index < -0.39 is 0 Å². The maximum absolute atomic E-state index is 12.2. The van der Waals surface area contributed by atoms with Crippen molar-refractivity contribution >= 4 is 11.8 Å². The molecule has 1 rings (SSSR count). The van der Waals surface area contributed by atoms with Gasteiger partial charge in [-0.25, -0.2) is 0 Å². The van der Waals surface area contributed by atoms with Gasteiger partial charge < -0.3 is 10.2 Å². The van der Waals surface area contributed by atoms with Gasteiger partial charge in [-0.3, -0.25) is 9.59 Å². The Balaban J connectivity index is 2.42. The quantitative estimate of drug-likeness (QED) is 0.861. The molecule has 0 aromatic carbocycles. The van der Waals surface area contributed by atoms with Gasteiger partial charge in [0.05, 0.1) is 0 Å². The Bertz CT molecular complexity index is 339. The molecule has 1 heterocycles. The summed E-state index contributed by atoms with van der Waals surface area (Å²) in [5.74, 6) is 0.419. The van der Waals surface area contributed by atoms with Crippen molar-refractivity contribution < 1.29 is 9.59 Å². The molecule has 1 saturated heterocycles. The van der Waals surface area contributed by atoms with E-state index in [9.17, 15) is 9.59 Å². The van der Waals surface area contributed by atoms with Crippen molar-refractivity contribution in [1.29, 1.82) is 0 Å². The molecule has 116 valence electrons. The van der Waals surface area contributed by atoms with Crippen LogP contribution in [0.2, 0.25) is 0 Å². The van der Waals surface area contributed by atoms with E-state index in [1.54, 1.807) is 0 Å². The molecule has 4 nitrogen and oxygen atoms in total. The van der Waals surface area contributed by atoms with Gasteiger partial charge in [0.2, 0.25) is 11.8 Å². The minimum absolute atomic E-state index is 0.0679. The maximum atomic E-state index is 12.2. The molecular weight excluding hydrogens is 252 g/mol. The topological polar surface area (TPSA) is 49.4 Å². The highest BCUT2D eigenvalue weighted by atomic mass is 16.2. The Morgan fingerprint density at radius 1 is 1.25 bits per heavy atom. The highest BCUT2D eigenvalue weighted by Crippen LogP contribution is 2.23. The van der Waals surface area contributed by atoms with Gasteiger partial charge in [-0.15, -0.1) is 0 Å². The predicted molar refractivity (Wildman–Crippen MR) is 81.3 cm³/mol. The van der Waals surface area contributed by atoms with E-state index in [4.69, 9.17) is 0 Å². The number of piperidine rings is 1. The zero-order chi connectivity index (χ0) is 15.3. The van der Waals surface area contributed by atoms with Gasteiger partial charge in [-0.05, 0) is 26.2 Å². The Kier molecular flexibility index (Phi) is 6.03. The van der Waals surface area contributed by atoms with Crippen molar-refractivity contribution in [2.75, 3.05) is 13.1 Å². The number of carbonyl (C=O) groups is 2. The predicted octanol–water partition coefficient (Wildman–Crippen LogP) is 2.58. The number of hydrogen-bond acceptors (Lipinski definition) is 2. The van der Waals surface area contributed by atoms with Crippen molar-refractivity contribution in [3.05, 3.63) is 0 Å². The van der Waals surface area contributed by atoms with Gasteiger partial charge in [0.25, 0.3) is 0 Å². The summed E-state index contributed by atoms with van der Waals surface area (Å²) in [6.45, 7) is 11.4. The minimum atomic E-state index is -0.329. The first kappa shape index (κ1) is 17.0. The fourth-order valence-corrected chi connectivity index (χ4v) is 2.68. The average Bonchev–Trinajstić information content (AvgIpc) is 2.37. The summed E-state index contributed by atoms with van der Waals surface area (Å²) >= 11 is 0. The lowest BCUT2D eigenvalue weighted by atomic mass is 9.90. The molecule has 1 N–H and O–H groups in total. The van der Waals surface area contributed by atoms with Gasteiger partial charge in [-0.2, -0.15) is 0 Å². The molecule has 2 amide bonds. The smallest absolute Gasteiger partial charge is 0.227 e. The molecule has 0 spiro atoms. The molecular formula is C16H30N2O2. The van der Waals surface area contributed by atoms with Crippen molar-refractivity contribution in [2.24, 2.45) is 11.3 Å². The van der Waals surface area contributed by atoms with Crippen molar-refractivity contribution in [1.82, 2.24) is 10.2 Å². The molecule has 0 saturated carbocycles. The van der Waals surface area contributed by atoms with Gasteiger partial charge >= 0.3 is 0 Å². The van der Waals surface area contributed by atoms with Crippen LogP contribution in [0.1, 0.15) is 60.3 Å². The molecule has 0 aromatic heterocycles. The van der Waals surface area contributed by atoms with Crippen LogP contribution in [-0.2, 0) is 9.59 Å². The standard InChI is InChI=1S/C16H30N2O2/c1-6-7-12(2)17-14(19)13-8-10-18(11-9-13)15(20)16(3,4)5/h12-13H,6-11H2,1-5H3,(H,17,19). The fourth-order valence-electron chi connectivity index (χ4n) is 2.68. The number of carbonyl (C=O) groups excluding carboxylic acids is 2. The third-order valence-electron chi connectivity index (χ3n) is 3.90. The normalized spacial score (nSPS) is 18.8. The molecule has 4 heteroatoms. The highest BCUT2D eigenvalue weighted by Gasteiger charge is 2.32. The second kappa shape index (κ2) is 7.09. The molecule has 20 heavy (non-hydrogen) atoms. The summed E-state index contributed by atoms with van der Waals surface area (Å²) in [5, 5.41) is 3.08. The first-order valence-electron chi connectivity index (χ1n) is 7.85. The Morgan fingerprint density at radius 3 is 2.25 bits per heavy atom. The Hall–Kier alpha value is -1.06. The first-order valence-corrected chi connectivity index (χ1v) is 7.85. The van der Waals surface area contributed by atoms with Crippen LogP contribution in [0, 0.1) is 11.3 Å². The lowest BCUT2D eigenvalue weighted by Gasteiger charge is -2.35. The van der Waals surface area contributed by atoms with Gasteiger partial charge in [0.1, 0.15) is 0 Å². The van der Waals surface area contributed by atoms with Crippen LogP contribution < -0.4 is 5.32 Å². The zero-order valence-electron chi connectivity index (χ0n) is 13.7. The minimum Gasteiger partial charge on any atom is -0.353 e. The molecule has 0 radical (unpaired) electrons. The summed E-state index contributed by atoms with van der Waals surface area (Å²) in [6, 6.07) is 0.252. The van der Waals surface area contributed by atoms with Crippen molar-refractivity contribution in [3.63, 3.8) is 0 Å². The molecule has 0 aromatic rings. The lowest BCUT2D eigenvalue weighted by molar-refractivity contribution is -0.142. The second-order valence-corrected chi connectivity index (χ2v) is 7.01. The van der Waals surface area contributed by atoms with E-state index in [1.807, 2.05) is 25.7 Å². The summed E-state index contributed by atoms with van der Waals surface area (Å²) < 4.78 is 0. The van der Waals surface area contributed by atoms with E-state index >= 15 is 0 Å². The van der Waals surface area contributed by atoms with Gasteiger partial charge in [0, 0.05) is 30.5 Å². The Labute approximate surface area is 123 Å². The fraction of sp³-hybridized carbons (Fsp3) is 0.875. The number of hydrogen-bond donors (Lipinski definition) is 1. The van der Waals surface area contributed by atoms with Gasteiger partial charge in [-0.1, -0.05) is 34.1 Å². The first-order chi connectivity index (χ1) is 9.25. The van der Waals surface area contributed by atoms with Crippen LogP contribution in [0.25, 0.3) is 0 Å². The largest absolute Gasteiger partial charge is 0.353 e. The third kappa shape index (κ3) is 4.80. The molecule has 0 bridgehead atoms. The summed E-state index contributed by atoms with van der Waals surface area (Å²) in [5.41, 5.74) is -0.329. The maximum Gasteiger partial charge on any atom is 0.227 e. The zero-order valence-corrected chi connectivity index (χ0v) is 13.7.